The number of amides is 3. The average molecular weight is 388 g/mol. The molecule has 3 amide bonds. The largest absolute Gasteiger partial charge is 0.444 e. The van der Waals surface area contributed by atoms with Crippen LogP contribution >= 0.6 is 0 Å². The zero-order valence-electron chi connectivity index (χ0n) is 16.1. The second-order valence-electron chi connectivity index (χ2n) is 6.80. The SMILES string of the molecule is CC(C)(C)OC(=O)NCCOCCOCCCC(=O)ON1C(=O)CCC1=O. The molecule has 0 radical (unpaired) electrons. The molecule has 0 spiro atoms. The number of nitrogens with zero attached hydrogens (tertiary/aromatic N) is 1. The lowest BCUT2D eigenvalue weighted by atomic mass is 10.2. The van der Waals surface area contributed by atoms with Gasteiger partial charge in [-0.25, -0.2) is 9.59 Å². The molecule has 10 heteroatoms. The summed E-state index contributed by atoms with van der Waals surface area (Å²) in [5, 5.41) is 3.10. The monoisotopic (exact) mass is 388 g/mol. The highest BCUT2D eigenvalue weighted by molar-refractivity contribution is 6.01. The first-order chi connectivity index (χ1) is 12.7. The lowest BCUT2D eigenvalue weighted by Crippen LogP contribution is -2.34. The van der Waals surface area contributed by atoms with Crippen molar-refractivity contribution in [3.05, 3.63) is 0 Å². The van der Waals surface area contributed by atoms with E-state index < -0.39 is 29.5 Å². The van der Waals surface area contributed by atoms with Crippen molar-refractivity contribution in [2.75, 3.05) is 33.0 Å². The van der Waals surface area contributed by atoms with Crippen molar-refractivity contribution in [3.8, 4) is 0 Å². The Kier molecular flexibility index (Phi) is 9.73. The lowest BCUT2D eigenvalue weighted by Gasteiger charge is -2.19. The van der Waals surface area contributed by atoms with E-state index in [1.807, 2.05) is 0 Å². The van der Waals surface area contributed by atoms with Gasteiger partial charge in [0.25, 0.3) is 11.8 Å². The number of ether oxygens (including phenoxy) is 3. The third-order valence-corrected chi connectivity index (χ3v) is 3.16. The van der Waals surface area contributed by atoms with E-state index in [1.165, 1.54) is 0 Å². The van der Waals surface area contributed by atoms with Crippen molar-refractivity contribution in [1.29, 1.82) is 0 Å². The summed E-state index contributed by atoms with van der Waals surface area (Å²) >= 11 is 0. The number of imide groups is 1. The van der Waals surface area contributed by atoms with Gasteiger partial charge in [-0.15, -0.1) is 5.06 Å². The number of hydrogen-bond acceptors (Lipinski definition) is 8. The predicted molar refractivity (Wildman–Crippen MR) is 92.3 cm³/mol. The quantitative estimate of drug-likeness (QED) is 0.410. The number of hydroxylamine groups is 2. The Balaban J connectivity index is 1.91. The van der Waals surface area contributed by atoms with E-state index in [4.69, 9.17) is 19.0 Å². The second kappa shape index (κ2) is 11.5. The Bertz CT molecular complexity index is 514. The number of hydrogen-bond donors (Lipinski definition) is 1. The molecule has 0 aromatic carbocycles. The van der Waals surface area contributed by atoms with Crippen molar-refractivity contribution < 1.29 is 38.2 Å². The minimum absolute atomic E-state index is 0.0394. The minimum atomic E-state index is -0.647. The van der Waals surface area contributed by atoms with Gasteiger partial charge in [-0.1, -0.05) is 0 Å². The van der Waals surface area contributed by atoms with Crippen molar-refractivity contribution in [3.63, 3.8) is 0 Å². The number of rotatable bonds is 11. The van der Waals surface area contributed by atoms with Gasteiger partial charge in [0, 0.05) is 26.0 Å². The molecule has 154 valence electrons. The summed E-state index contributed by atoms with van der Waals surface area (Å²) in [6.07, 6.45) is 0.0874. The summed E-state index contributed by atoms with van der Waals surface area (Å²) in [6, 6.07) is 0. The second-order valence-corrected chi connectivity index (χ2v) is 6.80. The van der Waals surface area contributed by atoms with Crippen molar-refractivity contribution in [2.45, 2.75) is 52.1 Å². The van der Waals surface area contributed by atoms with Gasteiger partial charge in [0.15, 0.2) is 0 Å². The zero-order chi connectivity index (χ0) is 20.3. The van der Waals surface area contributed by atoms with Crippen LogP contribution in [0, 0.1) is 0 Å². The van der Waals surface area contributed by atoms with Crippen molar-refractivity contribution in [2.24, 2.45) is 0 Å². The van der Waals surface area contributed by atoms with Crippen LogP contribution < -0.4 is 5.32 Å². The van der Waals surface area contributed by atoms with Crippen molar-refractivity contribution >= 4 is 23.9 Å². The fourth-order valence-corrected chi connectivity index (χ4v) is 1.99. The maximum atomic E-state index is 11.5. The fourth-order valence-electron chi connectivity index (χ4n) is 1.99. The summed E-state index contributed by atoms with van der Waals surface area (Å²) in [4.78, 5) is 50.2. The third kappa shape index (κ3) is 10.5. The first-order valence-corrected chi connectivity index (χ1v) is 8.88. The third-order valence-electron chi connectivity index (χ3n) is 3.16. The molecule has 0 unspecified atom stereocenters. The fraction of sp³-hybridized carbons (Fsp3) is 0.765. The number of nitrogens with one attached hydrogen (secondary N) is 1. The molecular formula is C17H28N2O8. The Morgan fingerprint density at radius 3 is 2.19 bits per heavy atom. The van der Waals surface area contributed by atoms with Gasteiger partial charge in [0.2, 0.25) is 0 Å². The Morgan fingerprint density at radius 1 is 1.00 bits per heavy atom. The van der Waals surface area contributed by atoms with Gasteiger partial charge in [-0.2, -0.15) is 0 Å². The maximum Gasteiger partial charge on any atom is 0.407 e. The smallest absolute Gasteiger partial charge is 0.407 e. The molecule has 0 aromatic rings. The van der Waals surface area contributed by atoms with E-state index in [1.54, 1.807) is 20.8 Å². The minimum Gasteiger partial charge on any atom is -0.444 e. The molecule has 1 N–H and O–H groups in total. The molecule has 0 aliphatic carbocycles. The molecule has 1 aliphatic rings. The van der Waals surface area contributed by atoms with Gasteiger partial charge in [-0.05, 0) is 27.2 Å². The van der Waals surface area contributed by atoms with E-state index in [-0.39, 0.29) is 19.3 Å². The number of alkyl carbamates (subject to hydrolysis) is 1. The Morgan fingerprint density at radius 2 is 1.59 bits per heavy atom. The van der Waals surface area contributed by atoms with E-state index in [0.29, 0.717) is 44.5 Å². The zero-order valence-corrected chi connectivity index (χ0v) is 16.1. The molecule has 0 saturated carbocycles. The van der Waals surface area contributed by atoms with Gasteiger partial charge < -0.3 is 24.4 Å². The maximum absolute atomic E-state index is 11.5. The van der Waals surface area contributed by atoms with E-state index in [2.05, 4.69) is 5.32 Å². The highest BCUT2D eigenvalue weighted by atomic mass is 16.7. The van der Waals surface area contributed by atoms with Gasteiger partial charge in [-0.3, -0.25) is 9.59 Å². The normalized spacial score (nSPS) is 14.4. The van der Waals surface area contributed by atoms with Crippen LogP contribution in [-0.4, -0.2) is 67.5 Å². The van der Waals surface area contributed by atoms with Gasteiger partial charge >= 0.3 is 12.1 Å². The number of carbonyl (C=O) groups excluding carboxylic acids is 4. The molecule has 1 saturated heterocycles. The van der Waals surface area contributed by atoms with Gasteiger partial charge in [0.05, 0.1) is 26.2 Å². The highest BCUT2D eigenvalue weighted by Gasteiger charge is 2.32. The van der Waals surface area contributed by atoms with Crippen LogP contribution in [0.25, 0.3) is 0 Å². The van der Waals surface area contributed by atoms with Crippen LogP contribution in [0.15, 0.2) is 0 Å². The van der Waals surface area contributed by atoms with Crippen LogP contribution in [0.3, 0.4) is 0 Å². The topological polar surface area (TPSA) is 120 Å². The number of carbonyl (C=O) groups is 4. The summed E-state index contributed by atoms with van der Waals surface area (Å²) < 4.78 is 15.7. The molecule has 1 rings (SSSR count). The summed E-state index contributed by atoms with van der Waals surface area (Å²) in [5.41, 5.74) is -0.537. The van der Waals surface area contributed by atoms with E-state index >= 15 is 0 Å². The van der Waals surface area contributed by atoms with E-state index in [0.717, 1.165) is 0 Å². The standard InChI is InChI=1S/C17H28N2O8/c1-17(2,3)26-16(23)18-8-10-25-12-11-24-9-4-5-15(22)27-19-13(20)6-7-14(19)21/h4-12H2,1-3H3,(H,18,23). The molecule has 10 nitrogen and oxygen atoms in total. The first kappa shape index (κ1) is 22.8. The highest BCUT2D eigenvalue weighted by Crippen LogP contribution is 2.12. The summed E-state index contributed by atoms with van der Waals surface area (Å²) in [5.74, 6) is -1.64. The molecule has 0 atom stereocenters. The lowest BCUT2D eigenvalue weighted by molar-refractivity contribution is -0.197. The van der Waals surface area contributed by atoms with Crippen LogP contribution in [0.1, 0.15) is 46.5 Å². The average Bonchev–Trinajstić information content (AvgIpc) is 2.87. The Labute approximate surface area is 158 Å². The molecule has 0 bridgehead atoms. The summed E-state index contributed by atoms with van der Waals surface area (Å²) in [7, 11) is 0. The van der Waals surface area contributed by atoms with Crippen LogP contribution in [0.5, 0.6) is 0 Å². The first-order valence-electron chi connectivity index (χ1n) is 8.88. The van der Waals surface area contributed by atoms with E-state index in [9.17, 15) is 19.2 Å². The molecule has 0 aromatic heterocycles. The van der Waals surface area contributed by atoms with Crippen LogP contribution in [0.2, 0.25) is 0 Å². The van der Waals surface area contributed by atoms with Gasteiger partial charge in [0.1, 0.15) is 5.60 Å². The summed E-state index contributed by atoms with van der Waals surface area (Å²) in [6.45, 7) is 7.00. The molecule has 1 aliphatic heterocycles. The van der Waals surface area contributed by atoms with Crippen molar-refractivity contribution in [1.82, 2.24) is 10.4 Å². The molecule has 1 fully saturated rings. The van der Waals surface area contributed by atoms with Crippen LogP contribution in [0.4, 0.5) is 4.79 Å². The van der Waals surface area contributed by atoms with Crippen LogP contribution in [-0.2, 0) is 33.4 Å². The molecule has 1 heterocycles. The molecule has 27 heavy (non-hydrogen) atoms. The predicted octanol–water partition coefficient (Wildman–Crippen LogP) is 0.932. The Hall–Kier alpha value is -2.20. The molecular weight excluding hydrogens is 360 g/mol.